The summed E-state index contributed by atoms with van der Waals surface area (Å²) in [6.07, 6.45) is 27.5. The number of nitrogens with zero attached hydrogens (tertiary/aromatic N) is 3. The largest absolute Gasteiger partial charge is 0.342 e. The molecule has 0 saturated heterocycles. The number of allylic oxidation sites excluding steroid dienone is 9. The van der Waals surface area contributed by atoms with E-state index in [0.29, 0.717) is 5.92 Å². The Labute approximate surface area is 383 Å². The molecule has 65 heavy (non-hydrogen) atoms. The number of aryl methyl sites for hydroxylation is 1. The van der Waals surface area contributed by atoms with Gasteiger partial charge < -0.3 is 14.7 Å². The SMILES string of the molecule is CC1(C)C2=CC(/C=C/c3cc4c5c(c(N6c7ccccc7N(c7ccccc7)c7ccccc76)cc4c4ccccc34)C=CCC5)CC=C2c2ccc(N3CCCC4=C3C=CCC4)cc21. The van der Waals surface area contributed by atoms with Gasteiger partial charge in [0.1, 0.15) is 0 Å². The van der Waals surface area contributed by atoms with Crippen LogP contribution in [0.2, 0.25) is 0 Å². The van der Waals surface area contributed by atoms with Crippen molar-refractivity contribution >= 4 is 79.1 Å². The smallest absolute Gasteiger partial charge is 0.0703 e. The molecule has 2 aliphatic heterocycles. The van der Waals surface area contributed by atoms with Gasteiger partial charge in [0.15, 0.2) is 0 Å². The minimum atomic E-state index is -0.0613. The van der Waals surface area contributed by atoms with Gasteiger partial charge in [-0.3, -0.25) is 0 Å². The van der Waals surface area contributed by atoms with E-state index in [1.807, 2.05) is 0 Å². The fourth-order valence-corrected chi connectivity index (χ4v) is 12.2. The van der Waals surface area contributed by atoms with E-state index in [-0.39, 0.29) is 5.41 Å². The zero-order valence-corrected chi connectivity index (χ0v) is 37.4. The first-order valence-electron chi connectivity index (χ1n) is 23.9. The number of hydrogen-bond donors (Lipinski definition) is 0. The lowest BCUT2D eigenvalue weighted by Gasteiger charge is -2.41. The number of benzene rings is 7. The van der Waals surface area contributed by atoms with Crippen molar-refractivity contribution in [3.8, 4) is 0 Å². The predicted molar refractivity (Wildman–Crippen MR) is 276 cm³/mol. The lowest BCUT2D eigenvalue weighted by molar-refractivity contribution is 0.643. The molecule has 0 aromatic heterocycles. The topological polar surface area (TPSA) is 9.72 Å². The zero-order chi connectivity index (χ0) is 43.2. The van der Waals surface area contributed by atoms with Crippen molar-refractivity contribution in [2.24, 2.45) is 5.92 Å². The van der Waals surface area contributed by atoms with Gasteiger partial charge >= 0.3 is 0 Å². The summed E-state index contributed by atoms with van der Waals surface area (Å²) >= 11 is 0. The van der Waals surface area contributed by atoms with Crippen molar-refractivity contribution in [2.75, 3.05) is 21.2 Å². The molecule has 1 atom stereocenters. The highest BCUT2D eigenvalue weighted by molar-refractivity contribution is 6.15. The van der Waals surface area contributed by atoms with Gasteiger partial charge in [-0.1, -0.05) is 129 Å². The van der Waals surface area contributed by atoms with E-state index in [1.165, 1.54) is 126 Å². The highest BCUT2D eigenvalue weighted by atomic mass is 15.3. The van der Waals surface area contributed by atoms with Gasteiger partial charge in [-0.15, -0.1) is 0 Å². The van der Waals surface area contributed by atoms with E-state index in [9.17, 15) is 0 Å². The molecular weight excluding hydrogens is 787 g/mol. The number of rotatable bonds is 5. The van der Waals surface area contributed by atoms with Crippen molar-refractivity contribution in [2.45, 2.75) is 64.2 Å². The first-order valence-corrected chi connectivity index (χ1v) is 23.9. The molecule has 0 saturated carbocycles. The van der Waals surface area contributed by atoms with Gasteiger partial charge in [0.2, 0.25) is 0 Å². The number of para-hydroxylation sites is 5. The quantitative estimate of drug-likeness (QED) is 0.160. The van der Waals surface area contributed by atoms with Crippen LogP contribution in [0.3, 0.4) is 0 Å². The summed E-state index contributed by atoms with van der Waals surface area (Å²) in [5, 5.41) is 5.29. The third-order valence-corrected chi connectivity index (χ3v) is 15.3. The Balaban J connectivity index is 0.887. The number of hydrogen-bond acceptors (Lipinski definition) is 3. The molecule has 2 heterocycles. The molecule has 3 heteroatoms. The van der Waals surface area contributed by atoms with Crippen LogP contribution in [0.15, 0.2) is 187 Å². The molecule has 0 radical (unpaired) electrons. The van der Waals surface area contributed by atoms with E-state index >= 15 is 0 Å². The molecule has 4 aliphatic carbocycles. The highest BCUT2D eigenvalue weighted by Crippen LogP contribution is 2.57. The second-order valence-corrected chi connectivity index (χ2v) is 19.3. The van der Waals surface area contributed by atoms with Crippen molar-refractivity contribution < 1.29 is 0 Å². The molecule has 0 fully saturated rings. The molecule has 1 unspecified atom stereocenters. The first kappa shape index (κ1) is 38.4. The van der Waals surface area contributed by atoms with Gasteiger partial charge in [0.25, 0.3) is 0 Å². The summed E-state index contributed by atoms with van der Waals surface area (Å²) in [4.78, 5) is 7.53. The maximum atomic E-state index is 2.59. The molecule has 7 aromatic carbocycles. The lowest BCUT2D eigenvalue weighted by atomic mass is 9.78. The second kappa shape index (κ2) is 15.0. The van der Waals surface area contributed by atoms with Gasteiger partial charge in [-0.25, -0.2) is 0 Å². The van der Waals surface area contributed by atoms with Crippen molar-refractivity contribution in [3.63, 3.8) is 0 Å². The summed E-state index contributed by atoms with van der Waals surface area (Å²) in [7, 11) is 0. The normalized spacial score (nSPS) is 19.2. The third kappa shape index (κ3) is 6.01. The summed E-state index contributed by atoms with van der Waals surface area (Å²) in [5.41, 5.74) is 21.3. The second-order valence-electron chi connectivity index (χ2n) is 19.3. The maximum absolute atomic E-state index is 2.59. The number of fused-ring (bicyclic) bond motifs is 10. The van der Waals surface area contributed by atoms with Gasteiger partial charge in [-0.2, -0.15) is 0 Å². The Morgan fingerprint density at radius 3 is 2.11 bits per heavy atom. The summed E-state index contributed by atoms with van der Waals surface area (Å²) < 4.78 is 0. The first-order chi connectivity index (χ1) is 32.0. The fraction of sp³-hybridized carbons (Fsp3) is 0.194. The minimum absolute atomic E-state index is 0.0613. The average molecular weight is 840 g/mol. The summed E-state index contributed by atoms with van der Waals surface area (Å²) in [6.45, 7) is 5.98. The molecule has 13 rings (SSSR count). The zero-order valence-electron chi connectivity index (χ0n) is 37.4. The van der Waals surface area contributed by atoms with Crippen LogP contribution in [-0.4, -0.2) is 6.54 Å². The summed E-state index contributed by atoms with van der Waals surface area (Å²) in [6, 6.07) is 50.0. The highest BCUT2D eigenvalue weighted by Gasteiger charge is 2.40. The number of anilines is 7. The fourth-order valence-electron chi connectivity index (χ4n) is 12.2. The van der Waals surface area contributed by atoms with Gasteiger partial charge in [-0.05, 0) is 178 Å². The van der Waals surface area contributed by atoms with Crippen LogP contribution in [0.25, 0.3) is 39.3 Å². The molecule has 0 amide bonds. The van der Waals surface area contributed by atoms with Crippen LogP contribution < -0.4 is 14.7 Å². The van der Waals surface area contributed by atoms with Crippen LogP contribution in [0, 0.1) is 5.92 Å². The molecule has 6 aliphatic rings. The van der Waals surface area contributed by atoms with Crippen molar-refractivity contribution in [1.82, 2.24) is 0 Å². The Morgan fingerprint density at radius 1 is 0.600 bits per heavy atom. The predicted octanol–water partition coefficient (Wildman–Crippen LogP) is 16.7. The van der Waals surface area contributed by atoms with Crippen molar-refractivity contribution in [1.29, 1.82) is 0 Å². The lowest BCUT2D eigenvalue weighted by Crippen LogP contribution is -2.29. The van der Waals surface area contributed by atoms with E-state index in [4.69, 9.17) is 0 Å². The Kier molecular flexibility index (Phi) is 8.85. The molecule has 3 nitrogen and oxygen atoms in total. The molecule has 0 bridgehead atoms. The summed E-state index contributed by atoms with van der Waals surface area (Å²) in [5.74, 6) is 0.326. The maximum Gasteiger partial charge on any atom is 0.0703 e. The molecule has 7 aromatic rings. The average Bonchev–Trinajstić information content (AvgIpc) is 3.59. The minimum Gasteiger partial charge on any atom is -0.342 e. The Bertz CT molecular complexity index is 3270. The molecular formula is C62H53N3. The Morgan fingerprint density at radius 2 is 1.31 bits per heavy atom. The van der Waals surface area contributed by atoms with Crippen LogP contribution in [0.5, 0.6) is 0 Å². The van der Waals surface area contributed by atoms with Gasteiger partial charge in [0, 0.05) is 34.6 Å². The van der Waals surface area contributed by atoms with Crippen molar-refractivity contribution in [3.05, 3.63) is 215 Å². The van der Waals surface area contributed by atoms with E-state index in [1.54, 1.807) is 5.57 Å². The molecule has 0 N–H and O–H groups in total. The van der Waals surface area contributed by atoms with Gasteiger partial charge in [0.05, 0.1) is 28.4 Å². The molecule has 316 valence electrons. The van der Waals surface area contributed by atoms with Crippen LogP contribution >= 0.6 is 0 Å². The van der Waals surface area contributed by atoms with E-state index in [0.717, 1.165) is 31.5 Å². The Hall–Kier alpha value is -7.10. The van der Waals surface area contributed by atoms with Crippen LogP contribution in [0.4, 0.5) is 39.8 Å². The van der Waals surface area contributed by atoms with E-state index in [2.05, 4.69) is 211 Å². The van der Waals surface area contributed by atoms with Crippen LogP contribution in [0.1, 0.15) is 80.2 Å². The van der Waals surface area contributed by atoms with E-state index < -0.39 is 0 Å². The van der Waals surface area contributed by atoms with Crippen LogP contribution in [-0.2, 0) is 11.8 Å². The monoisotopic (exact) mass is 839 g/mol. The third-order valence-electron chi connectivity index (χ3n) is 15.3. The molecule has 0 spiro atoms. The standard InChI is InChI=1S/C62H53N3/c1-62(2)54-37-41(31-34-49(54)50-35-33-45(39-55(50)62)63-36-16-18-42-17-6-11-25-56(42)63)30-32-43-38-52-48-23-9-10-24-51(48)61(40-53(52)47-22-8-7-21-46(43)47)65-59-28-14-12-26-57(59)64(44-19-4-3-5-20-44)58-27-13-15-29-60(58)65/h3-5,7-8,10-15,19-22,24-30,32-35,37-41H,6,9,16-18,23,31,36H2,1-2H3/b32-30+.